The second-order valence-corrected chi connectivity index (χ2v) is 8.09. The van der Waals surface area contributed by atoms with E-state index in [2.05, 4.69) is 41.6 Å². The van der Waals surface area contributed by atoms with E-state index in [-0.39, 0.29) is 0 Å². The van der Waals surface area contributed by atoms with Crippen molar-refractivity contribution in [1.82, 2.24) is 34.7 Å². The number of H-pyrrole nitrogens is 1. The smallest absolute Gasteiger partial charge is 0.171 e. The lowest BCUT2D eigenvalue weighted by atomic mass is 9.99. The molecule has 1 fully saturated rings. The van der Waals surface area contributed by atoms with Crippen LogP contribution in [0, 0.1) is 0 Å². The summed E-state index contributed by atoms with van der Waals surface area (Å²) in [5.74, 6) is 0.957. The van der Waals surface area contributed by atoms with E-state index in [1.807, 2.05) is 16.7 Å². The van der Waals surface area contributed by atoms with Gasteiger partial charge in [0.1, 0.15) is 18.2 Å². The fourth-order valence-corrected chi connectivity index (χ4v) is 4.36. The summed E-state index contributed by atoms with van der Waals surface area (Å²) in [5, 5.41) is 7.58. The van der Waals surface area contributed by atoms with Crippen LogP contribution >= 0.6 is 11.6 Å². The van der Waals surface area contributed by atoms with E-state index in [0.29, 0.717) is 40.9 Å². The van der Waals surface area contributed by atoms with Crippen LogP contribution < -0.4 is 16.4 Å². The van der Waals surface area contributed by atoms with Gasteiger partial charge in [0.2, 0.25) is 0 Å². The number of nitrogens with one attached hydrogen (secondary N) is 1. The molecule has 3 aromatic heterocycles. The number of nitrogens with two attached hydrogens (primary N) is 2. The minimum atomic E-state index is -0.642. The Hall–Kier alpha value is -3.50. The van der Waals surface area contributed by atoms with Crippen molar-refractivity contribution in [2.75, 3.05) is 23.7 Å². The van der Waals surface area contributed by atoms with Gasteiger partial charge in [-0.15, -0.1) is 0 Å². The number of imidazole rings is 1. The van der Waals surface area contributed by atoms with E-state index in [1.165, 1.54) is 6.33 Å². The molecule has 0 bridgehead atoms. The number of aromatic amines is 1. The summed E-state index contributed by atoms with van der Waals surface area (Å²) in [6.07, 6.45) is 7.22. The van der Waals surface area contributed by atoms with Crippen molar-refractivity contribution >= 4 is 40.3 Å². The summed E-state index contributed by atoms with van der Waals surface area (Å²) in [6.45, 7) is 5.80. The maximum atomic E-state index is 6.65. The standard InChI is InChI=1S/C20H21ClN10/c1-2-12-5-13(21)6-15(30-4-3-20(23,8-30)19-26-10-28-29-19)14(12)7-31-11-27-16-17(22)24-9-25-18(16)31/h2,5-6,9-11H,1,3-4,7-8,23H2,(H2,22,24,25)(H,26,28,29)/t20-/m1/s1. The molecule has 0 spiro atoms. The molecule has 4 heterocycles. The minimum Gasteiger partial charge on any atom is -0.382 e. The van der Waals surface area contributed by atoms with Crippen molar-refractivity contribution in [1.29, 1.82) is 0 Å². The van der Waals surface area contributed by atoms with Gasteiger partial charge in [-0.3, -0.25) is 5.10 Å². The Kier molecular flexibility index (Phi) is 4.60. The van der Waals surface area contributed by atoms with Gasteiger partial charge in [0.25, 0.3) is 0 Å². The average molecular weight is 437 g/mol. The molecule has 31 heavy (non-hydrogen) atoms. The van der Waals surface area contributed by atoms with Gasteiger partial charge in [-0.25, -0.2) is 19.9 Å². The quantitative estimate of drug-likeness (QED) is 0.431. The number of fused-ring (bicyclic) bond motifs is 1. The molecule has 158 valence electrons. The van der Waals surface area contributed by atoms with Crippen molar-refractivity contribution in [2.24, 2.45) is 5.73 Å². The fraction of sp³-hybridized carbons (Fsp3) is 0.250. The largest absolute Gasteiger partial charge is 0.382 e. The number of halogens is 1. The fourth-order valence-electron chi connectivity index (χ4n) is 4.13. The topological polar surface area (TPSA) is 140 Å². The number of aromatic nitrogens is 7. The molecule has 1 aliphatic rings. The molecule has 11 heteroatoms. The van der Waals surface area contributed by atoms with Crippen LogP contribution in [-0.4, -0.2) is 47.8 Å². The molecule has 0 radical (unpaired) electrons. The molecule has 1 atom stereocenters. The second kappa shape index (κ2) is 7.33. The predicted molar refractivity (Wildman–Crippen MR) is 119 cm³/mol. The molecular formula is C20H21ClN10. The SMILES string of the molecule is C=Cc1cc(Cl)cc(N2CC[C@](N)(c3nc[nH]n3)C2)c1Cn1cnc2c(N)ncnc21. The maximum Gasteiger partial charge on any atom is 0.171 e. The number of nitrogen functional groups attached to an aromatic ring is 1. The van der Waals surface area contributed by atoms with Gasteiger partial charge in [-0.2, -0.15) is 5.10 Å². The molecular weight excluding hydrogens is 416 g/mol. The van der Waals surface area contributed by atoms with Gasteiger partial charge in [-0.05, 0) is 24.1 Å². The third-order valence-corrected chi connectivity index (χ3v) is 5.92. The van der Waals surface area contributed by atoms with E-state index in [9.17, 15) is 0 Å². The Bertz CT molecular complexity index is 1260. The predicted octanol–water partition coefficient (Wildman–Crippen LogP) is 1.94. The maximum absolute atomic E-state index is 6.65. The lowest BCUT2D eigenvalue weighted by Crippen LogP contribution is -2.41. The van der Waals surface area contributed by atoms with E-state index in [4.69, 9.17) is 23.1 Å². The Labute approximate surface area is 183 Å². The van der Waals surface area contributed by atoms with Crippen molar-refractivity contribution in [2.45, 2.75) is 18.5 Å². The molecule has 5 N–H and O–H groups in total. The first-order valence-electron chi connectivity index (χ1n) is 9.75. The van der Waals surface area contributed by atoms with Crippen LogP contribution in [-0.2, 0) is 12.1 Å². The van der Waals surface area contributed by atoms with Gasteiger partial charge >= 0.3 is 0 Å². The zero-order valence-electron chi connectivity index (χ0n) is 16.7. The van der Waals surface area contributed by atoms with Gasteiger partial charge < -0.3 is 20.9 Å². The second-order valence-electron chi connectivity index (χ2n) is 7.65. The van der Waals surface area contributed by atoms with Gasteiger partial charge in [0.15, 0.2) is 17.3 Å². The van der Waals surface area contributed by atoms with Crippen molar-refractivity contribution < 1.29 is 0 Å². The van der Waals surface area contributed by atoms with Crippen LogP contribution in [0.3, 0.4) is 0 Å². The zero-order chi connectivity index (χ0) is 21.6. The number of hydrogen-bond donors (Lipinski definition) is 3. The average Bonchev–Trinajstić information content (AvgIpc) is 3.50. The minimum absolute atomic E-state index is 0.350. The van der Waals surface area contributed by atoms with E-state index in [1.54, 1.807) is 18.7 Å². The summed E-state index contributed by atoms with van der Waals surface area (Å²) >= 11 is 6.46. The number of rotatable bonds is 5. The number of hydrogen-bond acceptors (Lipinski definition) is 8. The first-order chi connectivity index (χ1) is 15.0. The van der Waals surface area contributed by atoms with Crippen molar-refractivity contribution in [3.8, 4) is 0 Å². The summed E-state index contributed by atoms with van der Waals surface area (Å²) in [6, 6.07) is 3.85. The van der Waals surface area contributed by atoms with Gasteiger partial charge in [0.05, 0.1) is 18.4 Å². The summed E-state index contributed by atoms with van der Waals surface area (Å²) < 4.78 is 1.94. The Morgan fingerprint density at radius 3 is 2.90 bits per heavy atom. The van der Waals surface area contributed by atoms with Crippen LogP contribution in [0.4, 0.5) is 11.5 Å². The van der Waals surface area contributed by atoms with Crippen molar-refractivity contribution in [3.63, 3.8) is 0 Å². The zero-order valence-corrected chi connectivity index (χ0v) is 17.4. The highest BCUT2D eigenvalue weighted by atomic mass is 35.5. The number of benzene rings is 1. The van der Waals surface area contributed by atoms with E-state index < -0.39 is 5.54 Å². The molecule has 10 nitrogen and oxygen atoms in total. The van der Waals surface area contributed by atoms with Gasteiger partial charge in [-0.1, -0.05) is 24.3 Å². The van der Waals surface area contributed by atoms with E-state index >= 15 is 0 Å². The molecule has 1 aromatic carbocycles. The molecule has 0 unspecified atom stereocenters. The highest BCUT2D eigenvalue weighted by Gasteiger charge is 2.40. The van der Waals surface area contributed by atoms with Crippen LogP contribution in [0.1, 0.15) is 23.4 Å². The third-order valence-electron chi connectivity index (χ3n) is 5.71. The van der Waals surface area contributed by atoms with Crippen LogP contribution in [0.2, 0.25) is 5.02 Å². The summed E-state index contributed by atoms with van der Waals surface area (Å²) in [5.41, 5.74) is 16.1. The first kappa shape index (κ1) is 19.5. The molecule has 0 aliphatic carbocycles. The molecule has 4 aromatic rings. The lowest BCUT2D eigenvalue weighted by molar-refractivity contribution is 0.467. The number of anilines is 2. The van der Waals surface area contributed by atoms with Crippen LogP contribution in [0.5, 0.6) is 0 Å². The molecule has 5 rings (SSSR count). The summed E-state index contributed by atoms with van der Waals surface area (Å²) in [7, 11) is 0. The Balaban J connectivity index is 1.56. The van der Waals surface area contributed by atoms with Crippen LogP contribution in [0.15, 0.2) is 37.7 Å². The third kappa shape index (κ3) is 3.29. The first-order valence-corrected chi connectivity index (χ1v) is 10.1. The molecule has 1 saturated heterocycles. The Morgan fingerprint density at radius 2 is 2.13 bits per heavy atom. The lowest BCUT2D eigenvalue weighted by Gasteiger charge is -2.26. The van der Waals surface area contributed by atoms with E-state index in [0.717, 1.165) is 29.8 Å². The normalized spacial score (nSPS) is 18.7. The Morgan fingerprint density at radius 1 is 1.26 bits per heavy atom. The van der Waals surface area contributed by atoms with Crippen LogP contribution in [0.25, 0.3) is 17.2 Å². The molecule has 0 saturated carbocycles. The monoisotopic (exact) mass is 436 g/mol. The highest BCUT2D eigenvalue weighted by molar-refractivity contribution is 6.31. The van der Waals surface area contributed by atoms with Gasteiger partial charge in [0, 0.05) is 29.4 Å². The molecule has 0 amide bonds. The number of nitrogens with zero attached hydrogens (tertiary/aromatic N) is 7. The molecule has 1 aliphatic heterocycles. The highest BCUT2D eigenvalue weighted by Crippen LogP contribution is 2.36. The summed E-state index contributed by atoms with van der Waals surface area (Å²) in [4.78, 5) is 19.2. The van der Waals surface area contributed by atoms with Crippen molar-refractivity contribution in [3.05, 3.63) is 59.7 Å².